The van der Waals surface area contributed by atoms with Crippen molar-refractivity contribution in [3.05, 3.63) is 48.0 Å². The summed E-state index contributed by atoms with van der Waals surface area (Å²) in [6.07, 6.45) is 10.7. The van der Waals surface area contributed by atoms with E-state index in [1.54, 1.807) is 21.1 Å². The highest BCUT2D eigenvalue weighted by Gasteiger charge is 2.64. The second kappa shape index (κ2) is 33.4. The first-order valence-corrected chi connectivity index (χ1v) is 31.3. The molecule has 1 aliphatic carbocycles. The summed E-state index contributed by atoms with van der Waals surface area (Å²) >= 11 is 0. The highest BCUT2D eigenvalue weighted by Crippen LogP contribution is 2.53. The van der Waals surface area contributed by atoms with Gasteiger partial charge in [-0.15, -0.1) is 0 Å². The van der Waals surface area contributed by atoms with Gasteiger partial charge in [-0.25, -0.2) is 5.06 Å². The number of carbonyl (C=O) groups excluding carboxylic acids is 9. The van der Waals surface area contributed by atoms with Crippen molar-refractivity contribution in [1.29, 1.82) is 0 Å². The van der Waals surface area contributed by atoms with Gasteiger partial charge in [-0.2, -0.15) is 0 Å². The first kappa shape index (κ1) is 69.2. The number of benzene rings is 1. The molecule has 0 spiro atoms. The van der Waals surface area contributed by atoms with Crippen molar-refractivity contribution in [2.24, 2.45) is 41.4 Å². The van der Waals surface area contributed by atoms with Crippen LogP contribution in [0.5, 0.6) is 0 Å². The van der Waals surface area contributed by atoms with E-state index in [0.717, 1.165) is 44.1 Å². The Morgan fingerprint density at radius 2 is 1.39 bits per heavy atom. The normalized spacial score (nSPS) is 22.1. The molecule has 3 heterocycles. The monoisotopic (exact) mass is 1170 g/mol. The summed E-state index contributed by atoms with van der Waals surface area (Å²) in [5.41, 5.74) is 4.75. The number of amides is 8. The number of likely N-dealkylation sites (tertiary alicyclic amines) is 1. The number of rotatable bonds is 35. The molecule has 1 saturated carbocycles. The van der Waals surface area contributed by atoms with Crippen LogP contribution in [0.25, 0.3) is 0 Å². The maximum atomic E-state index is 14.6. The summed E-state index contributed by atoms with van der Waals surface area (Å²) < 4.78 is 12.3. The Hall–Kier alpha value is -5.57. The van der Waals surface area contributed by atoms with Crippen LogP contribution in [-0.4, -0.2) is 163 Å². The largest absolute Gasteiger partial charge is 0.381 e. The number of Topliss-reactive ketones (excluding diaryl/α,β-unsaturated/α-hetero) is 1. The van der Waals surface area contributed by atoms with E-state index < -0.39 is 41.7 Å². The van der Waals surface area contributed by atoms with Crippen LogP contribution in [0.4, 0.5) is 0 Å². The number of ether oxygens (including phenoxy) is 2. The zero-order chi connectivity index (χ0) is 61.8. The fraction of sp³-hybridized carbons (Fsp3) is 0.734. The molecule has 1 aromatic rings. The SMILES string of the molecule is CCC(C)C(CC(C)C(C)C(=O)C(NC(=O)C(C(C)C)N(C)CCCCCC(=O)NNC(=O)CCCCCN1C(=O)C=CC1=O)C(C)C)C(CC(=O)N1CCCC1C(OC)C(C)C(=O)NC1(C(=O)N2CCCCO2)CC1c1ccccc1)OC. The molecule has 8 amide bonds. The number of hydroxylamine groups is 2. The lowest BCUT2D eigenvalue weighted by atomic mass is 9.74. The van der Waals surface area contributed by atoms with Crippen molar-refractivity contribution < 1.29 is 57.5 Å². The fourth-order valence-electron chi connectivity index (χ4n) is 12.8. The number of imide groups is 1. The van der Waals surface area contributed by atoms with Crippen LogP contribution in [0, 0.1) is 41.4 Å². The smallest absolute Gasteiger partial charge is 0.272 e. The highest BCUT2D eigenvalue weighted by atomic mass is 16.7. The van der Waals surface area contributed by atoms with Gasteiger partial charge in [0.05, 0.1) is 49.3 Å². The van der Waals surface area contributed by atoms with Crippen LogP contribution in [0.3, 0.4) is 0 Å². The van der Waals surface area contributed by atoms with Crippen molar-refractivity contribution in [2.75, 3.05) is 54.1 Å². The van der Waals surface area contributed by atoms with E-state index in [1.807, 2.05) is 81.8 Å². The molecule has 0 radical (unpaired) electrons. The predicted molar refractivity (Wildman–Crippen MR) is 320 cm³/mol. The highest BCUT2D eigenvalue weighted by molar-refractivity contribution is 6.12. The van der Waals surface area contributed by atoms with Crippen LogP contribution in [-0.2, 0) is 57.5 Å². The van der Waals surface area contributed by atoms with Crippen molar-refractivity contribution in [3.8, 4) is 0 Å². The Bertz CT molecular complexity index is 2380. The molecule has 2 saturated heterocycles. The molecular formula is C64H102N8O12. The van der Waals surface area contributed by atoms with Gasteiger partial charge in [0.15, 0.2) is 5.78 Å². The van der Waals surface area contributed by atoms with Gasteiger partial charge in [0.1, 0.15) is 5.54 Å². The Labute approximate surface area is 500 Å². The first-order chi connectivity index (χ1) is 40.0. The molecule has 12 unspecified atom stereocenters. The van der Waals surface area contributed by atoms with Crippen molar-refractivity contribution >= 4 is 53.0 Å². The van der Waals surface area contributed by atoms with E-state index in [4.69, 9.17) is 14.3 Å². The Kier molecular flexibility index (Phi) is 27.5. The third kappa shape index (κ3) is 18.7. The Balaban J connectivity index is 1.11. The molecule has 470 valence electrons. The second-order valence-electron chi connectivity index (χ2n) is 25.1. The van der Waals surface area contributed by atoms with Crippen LogP contribution in [0.15, 0.2) is 42.5 Å². The third-order valence-corrected chi connectivity index (χ3v) is 18.4. The lowest BCUT2D eigenvalue weighted by Gasteiger charge is -2.38. The topological polar surface area (TPSA) is 242 Å². The number of likely N-dealkylation sites (N-methyl/N-ethyl adjacent to an activating group) is 1. The van der Waals surface area contributed by atoms with E-state index in [2.05, 4.69) is 42.3 Å². The molecule has 4 N–H and O–H groups in total. The number of hydrogen-bond acceptors (Lipinski definition) is 13. The standard InChI is InChI=1S/C64H102N8O12/c1-13-43(6)48(51(82-11)39-56(77)70-35-25-28-50(70)60(83-12)46(9)61(79)66-64(63(81)72-36-23-24-37-84-72)40-49(64)47-26-17-14-18-27-47)38-44(7)45(8)59(78)57(41(2)3)65-62(80)58(42(4)5)69(10)33-21-15-19-29-52(73)67-68-53(74)30-20-16-22-34-71-54(75)31-32-55(71)76/h14,17-18,26-27,31-32,41-46,48-51,57-58,60H,13,15-16,19-25,28-30,33-40H2,1-12H3,(H,65,80)(H,66,79)(H,67,73)(H,68,74). The summed E-state index contributed by atoms with van der Waals surface area (Å²) in [6, 6.07) is 8.15. The number of nitrogens with one attached hydrogen (secondary N) is 4. The van der Waals surface area contributed by atoms with Gasteiger partial charge in [0.25, 0.3) is 17.7 Å². The fourth-order valence-corrected chi connectivity index (χ4v) is 12.8. The van der Waals surface area contributed by atoms with Crippen molar-refractivity contribution in [3.63, 3.8) is 0 Å². The van der Waals surface area contributed by atoms with E-state index in [0.29, 0.717) is 77.7 Å². The van der Waals surface area contributed by atoms with Crippen LogP contribution in [0.2, 0.25) is 0 Å². The summed E-state index contributed by atoms with van der Waals surface area (Å²) in [5, 5.41) is 7.76. The van der Waals surface area contributed by atoms with Gasteiger partial charge in [-0.1, -0.05) is 112 Å². The zero-order valence-electron chi connectivity index (χ0n) is 52.6. The van der Waals surface area contributed by atoms with Crippen LogP contribution >= 0.6 is 0 Å². The molecule has 20 heteroatoms. The molecule has 0 aromatic heterocycles. The zero-order valence-corrected chi connectivity index (χ0v) is 52.6. The number of hydrazine groups is 1. The van der Waals surface area contributed by atoms with Gasteiger partial charge in [0.2, 0.25) is 29.5 Å². The minimum atomic E-state index is -1.15. The number of unbranched alkanes of at least 4 members (excludes halogenated alkanes) is 4. The quantitative estimate of drug-likeness (QED) is 0.0311. The van der Waals surface area contributed by atoms with Gasteiger partial charge in [-0.3, -0.25) is 68.6 Å². The number of carbonyl (C=O) groups is 9. The van der Waals surface area contributed by atoms with E-state index in [1.165, 1.54) is 22.1 Å². The molecular weight excluding hydrogens is 1070 g/mol. The first-order valence-electron chi connectivity index (χ1n) is 31.3. The molecule has 1 aromatic carbocycles. The summed E-state index contributed by atoms with van der Waals surface area (Å²) in [7, 11) is 5.11. The van der Waals surface area contributed by atoms with Gasteiger partial charge in [0, 0.05) is 70.7 Å². The average Bonchev–Trinajstić information content (AvgIpc) is 1.91. The van der Waals surface area contributed by atoms with Crippen molar-refractivity contribution in [1.82, 2.24) is 41.2 Å². The molecule has 3 aliphatic heterocycles. The van der Waals surface area contributed by atoms with Crippen LogP contribution in [0.1, 0.15) is 177 Å². The molecule has 12 atom stereocenters. The van der Waals surface area contributed by atoms with Crippen molar-refractivity contribution in [2.45, 2.75) is 207 Å². The molecule has 5 rings (SSSR count). The maximum absolute atomic E-state index is 14.6. The number of nitrogens with zero attached hydrogens (tertiary/aromatic N) is 4. The summed E-state index contributed by atoms with van der Waals surface area (Å²) in [4.78, 5) is 131. The summed E-state index contributed by atoms with van der Waals surface area (Å²) in [6.45, 7) is 20.3. The van der Waals surface area contributed by atoms with Gasteiger partial charge < -0.3 is 25.0 Å². The Morgan fingerprint density at radius 1 is 0.750 bits per heavy atom. The minimum absolute atomic E-state index is 0.0437. The molecule has 4 aliphatic rings. The lowest BCUT2D eigenvalue weighted by Crippen LogP contribution is -2.56. The second-order valence-corrected chi connectivity index (χ2v) is 25.1. The van der Waals surface area contributed by atoms with E-state index in [-0.39, 0.29) is 114 Å². The molecule has 84 heavy (non-hydrogen) atoms. The van der Waals surface area contributed by atoms with Gasteiger partial charge in [-0.05, 0) is 113 Å². The molecule has 3 fully saturated rings. The van der Waals surface area contributed by atoms with E-state index in [9.17, 15) is 43.2 Å². The van der Waals surface area contributed by atoms with E-state index >= 15 is 0 Å². The third-order valence-electron chi connectivity index (χ3n) is 18.4. The average molecular weight is 1180 g/mol. The molecule has 0 bridgehead atoms. The number of ketones is 1. The number of hydrogen-bond donors (Lipinski definition) is 4. The predicted octanol–water partition coefficient (Wildman–Crippen LogP) is 6.81. The lowest BCUT2D eigenvalue weighted by molar-refractivity contribution is -0.200. The Morgan fingerprint density at radius 3 is 1.96 bits per heavy atom. The molecule has 20 nitrogen and oxygen atoms in total. The van der Waals surface area contributed by atoms with Crippen LogP contribution < -0.4 is 21.5 Å². The maximum Gasteiger partial charge on any atom is 0.272 e. The number of methoxy groups -OCH3 is 2. The van der Waals surface area contributed by atoms with Gasteiger partial charge >= 0.3 is 0 Å². The summed E-state index contributed by atoms with van der Waals surface area (Å²) in [5.74, 6) is -3.78. The minimum Gasteiger partial charge on any atom is -0.381 e.